The minimum absolute atomic E-state index is 0.170. The van der Waals surface area contributed by atoms with Crippen molar-refractivity contribution in [1.29, 1.82) is 0 Å². The van der Waals surface area contributed by atoms with Gasteiger partial charge in [-0.1, -0.05) is 31.0 Å². The van der Waals surface area contributed by atoms with E-state index < -0.39 is 12.2 Å². The highest BCUT2D eigenvalue weighted by Crippen LogP contribution is 2.34. The summed E-state index contributed by atoms with van der Waals surface area (Å²) < 4.78 is 8.02. The fraction of sp³-hybridized carbons (Fsp3) is 0.360. The Labute approximate surface area is 187 Å². The van der Waals surface area contributed by atoms with Crippen LogP contribution in [0.25, 0.3) is 5.82 Å². The summed E-state index contributed by atoms with van der Waals surface area (Å²) in [4.78, 5) is 19.7. The molecule has 2 N–H and O–H groups in total. The van der Waals surface area contributed by atoms with Crippen LogP contribution in [-0.4, -0.2) is 45.4 Å². The van der Waals surface area contributed by atoms with E-state index >= 15 is 0 Å². The molecule has 0 spiro atoms. The summed E-state index contributed by atoms with van der Waals surface area (Å²) in [6.45, 7) is 1.06. The van der Waals surface area contributed by atoms with Gasteiger partial charge in [-0.2, -0.15) is 0 Å². The first-order chi connectivity index (χ1) is 15.7. The standard InChI is InChI=1S/C25H28N4O3/c30-21-9-3-1-7-19(21)27-25(31)23-17-29(20-8-2-4-10-22(20)32-23)16-18-11-12-24(26-15-18)28-13-5-6-14-28/h2,4-6,8,10-15,19,21,23,30H,1,3,7,9,16-17H2,(H,27,31)/t19-,21-,23?/m0/s1. The van der Waals surface area contributed by atoms with Gasteiger partial charge in [0.1, 0.15) is 11.6 Å². The SMILES string of the molecule is O=C(N[C@H]1CCCC[C@@H]1O)C1CN(Cc2ccc(-n3cccc3)nc2)c2ccccc2O1. The van der Waals surface area contributed by atoms with E-state index in [0.29, 0.717) is 18.8 Å². The maximum atomic E-state index is 13.0. The van der Waals surface area contributed by atoms with E-state index in [9.17, 15) is 9.90 Å². The summed E-state index contributed by atoms with van der Waals surface area (Å²) in [5, 5.41) is 13.3. The zero-order valence-corrected chi connectivity index (χ0v) is 17.9. The second-order valence-corrected chi connectivity index (χ2v) is 8.54. The third kappa shape index (κ3) is 4.34. The number of amides is 1. The van der Waals surface area contributed by atoms with E-state index in [2.05, 4.69) is 21.3 Å². The summed E-state index contributed by atoms with van der Waals surface area (Å²) >= 11 is 0. The Morgan fingerprint density at radius 1 is 1.09 bits per heavy atom. The number of fused-ring (bicyclic) bond motifs is 1. The van der Waals surface area contributed by atoms with Crippen molar-refractivity contribution in [2.45, 2.75) is 50.5 Å². The maximum absolute atomic E-state index is 13.0. The zero-order valence-electron chi connectivity index (χ0n) is 17.9. The van der Waals surface area contributed by atoms with Crippen LogP contribution in [0.3, 0.4) is 0 Å². The highest BCUT2D eigenvalue weighted by atomic mass is 16.5. The molecule has 1 unspecified atom stereocenters. The summed E-state index contributed by atoms with van der Waals surface area (Å²) in [7, 11) is 0. The van der Waals surface area contributed by atoms with E-state index in [1.807, 2.05) is 65.6 Å². The first kappa shape index (κ1) is 20.6. The largest absolute Gasteiger partial charge is 0.477 e. The number of rotatable bonds is 5. The molecule has 2 aliphatic rings. The first-order valence-electron chi connectivity index (χ1n) is 11.2. The lowest BCUT2D eigenvalue weighted by Gasteiger charge is -2.37. The molecule has 7 nitrogen and oxygen atoms in total. The number of benzene rings is 1. The van der Waals surface area contributed by atoms with Crippen LogP contribution < -0.4 is 15.0 Å². The van der Waals surface area contributed by atoms with Gasteiger partial charge in [-0.25, -0.2) is 4.98 Å². The van der Waals surface area contributed by atoms with Crippen LogP contribution in [0.4, 0.5) is 5.69 Å². The Hall–Kier alpha value is -3.32. The lowest BCUT2D eigenvalue weighted by atomic mass is 9.92. The van der Waals surface area contributed by atoms with Gasteiger partial charge in [0.25, 0.3) is 5.91 Å². The normalized spacial score (nSPS) is 22.7. The summed E-state index contributed by atoms with van der Waals surface area (Å²) in [5.41, 5.74) is 2.02. The molecule has 0 radical (unpaired) electrons. The molecule has 166 valence electrons. The van der Waals surface area contributed by atoms with Crippen molar-refractivity contribution < 1.29 is 14.6 Å². The molecule has 0 saturated heterocycles. The number of aliphatic hydroxyl groups is 1. The first-order valence-corrected chi connectivity index (χ1v) is 11.2. The number of anilines is 1. The van der Waals surface area contributed by atoms with E-state index in [1.54, 1.807) is 0 Å². The number of aliphatic hydroxyl groups excluding tert-OH is 1. The van der Waals surface area contributed by atoms with Gasteiger partial charge in [0.2, 0.25) is 0 Å². The van der Waals surface area contributed by atoms with Crippen LogP contribution in [0.2, 0.25) is 0 Å². The number of nitrogens with zero attached hydrogens (tertiary/aromatic N) is 3. The number of pyridine rings is 1. The molecule has 3 atom stereocenters. The smallest absolute Gasteiger partial charge is 0.263 e. The fourth-order valence-corrected chi connectivity index (χ4v) is 4.52. The van der Waals surface area contributed by atoms with Crippen LogP contribution in [0.5, 0.6) is 5.75 Å². The van der Waals surface area contributed by atoms with E-state index in [-0.39, 0.29) is 11.9 Å². The molecule has 0 bridgehead atoms. The molecular weight excluding hydrogens is 404 g/mol. The molecule has 3 aromatic rings. The number of hydrogen-bond donors (Lipinski definition) is 2. The molecule has 1 fully saturated rings. The molecule has 1 saturated carbocycles. The van der Waals surface area contributed by atoms with E-state index in [4.69, 9.17) is 4.74 Å². The number of carbonyl (C=O) groups excluding carboxylic acids is 1. The average molecular weight is 433 g/mol. The lowest BCUT2D eigenvalue weighted by molar-refractivity contribution is -0.129. The van der Waals surface area contributed by atoms with Crippen LogP contribution in [0.1, 0.15) is 31.2 Å². The predicted octanol–water partition coefficient (Wildman–Crippen LogP) is 3.06. The molecule has 2 aromatic heterocycles. The number of ether oxygens (including phenoxy) is 1. The molecule has 5 rings (SSSR count). The lowest BCUT2D eigenvalue weighted by Crippen LogP contribution is -2.54. The highest BCUT2D eigenvalue weighted by molar-refractivity contribution is 5.83. The van der Waals surface area contributed by atoms with Crippen molar-refractivity contribution in [2.24, 2.45) is 0 Å². The molecule has 1 aromatic carbocycles. The van der Waals surface area contributed by atoms with Gasteiger partial charge in [-0.3, -0.25) is 4.79 Å². The molecule has 1 aliphatic heterocycles. The van der Waals surface area contributed by atoms with Crippen LogP contribution >= 0.6 is 0 Å². The van der Waals surface area contributed by atoms with Gasteiger partial charge < -0.3 is 24.6 Å². The second-order valence-electron chi connectivity index (χ2n) is 8.54. The fourth-order valence-electron chi connectivity index (χ4n) is 4.52. The van der Waals surface area contributed by atoms with Crippen LogP contribution in [-0.2, 0) is 11.3 Å². The third-order valence-electron chi connectivity index (χ3n) is 6.26. The Bertz CT molecular complexity index is 1050. The van der Waals surface area contributed by atoms with Gasteiger partial charge in [0.05, 0.1) is 24.4 Å². The predicted molar refractivity (Wildman–Crippen MR) is 122 cm³/mol. The summed E-state index contributed by atoms with van der Waals surface area (Å²) in [6, 6.07) is 15.6. The summed E-state index contributed by atoms with van der Waals surface area (Å²) in [5.74, 6) is 1.39. The number of hydrogen-bond acceptors (Lipinski definition) is 5. The quantitative estimate of drug-likeness (QED) is 0.648. The Morgan fingerprint density at radius 3 is 2.69 bits per heavy atom. The molecule has 7 heteroatoms. The molecule has 32 heavy (non-hydrogen) atoms. The topological polar surface area (TPSA) is 79.6 Å². The van der Waals surface area contributed by atoms with Crippen molar-refractivity contribution >= 4 is 11.6 Å². The van der Waals surface area contributed by atoms with Gasteiger partial charge in [-0.05, 0) is 48.7 Å². The summed E-state index contributed by atoms with van der Waals surface area (Å²) in [6.07, 6.45) is 8.26. The molecular formula is C25H28N4O3. The second kappa shape index (κ2) is 9.04. The van der Waals surface area contributed by atoms with Crippen LogP contribution in [0, 0.1) is 0 Å². The Kier molecular flexibility index (Phi) is 5.81. The Balaban J connectivity index is 1.31. The van der Waals surface area contributed by atoms with Crippen molar-refractivity contribution in [3.63, 3.8) is 0 Å². The maximum Gasteiger partial charge on any atom is 0.263 e. The minimum atomic E-state index is -0.633. The molecule has 3 heterocycles. The third-order valence-corrected chi connectivity index (χ3v) is 6.26. The van der Waals surface area contributed by atoms with Crippen molar-refractivity contribution in [1.82, 2.24) is 14.9 Å². The minimum Gasteiger partial charge on any atom is -0.477 e. The van der Waals surface area contributed by atoms with Gasteiger partial charge in [-0.15, -0.1) is 0 Å². The molecule has 1 aliphatic carbocycles. The Morgan fingerprint density at radius 2 is 1.91 bits per heavy atom. The van der Waals surface area contributed by atoms with Crippen molar-refractivity contribution in [3.05, 3.63) is 72.7 Å². The van der Waals surface area contributed by atoms with Gasteiger partial charge >= 0.3 is 0 Å². The zero-order chi connectivity index (χ0) is 21.9. The number of nitrogens with one attached hydrogen (secondary N) is 1. The monoisotopic (exact) mass is 432 g/mol. The van der Waals surface area contributed by atoms with Gasteiger partial charge in [0.15, 0.2) is 6.10 Å². The van der Waals surface area contributed by atoms with E-state index in [0.717, 1.165) is 42.8 Å². The average Bonchev–Trinajstić information content (AvgIpc) is 3.36. The molecule has 1 amide bonds. The van der Waals surface area contributed by atoms with Gasteiger partial charge in [0, 0.05) is 25.1 Å². The van der Waals surface area contributed by atoms with E-state index in [1.165, 1.54) is 0 Å². The number of carbonyl (C=O) groups is 1. The van der Waals surface area contributed by atoms with Crippen LogP contribution in [0.15, 0.2) is 67.1 Å². The van der Waals surface area contributed by atoms with Crippen molar-refractivity contribution in [3.8, 4) is 11.6 Å². The number of aromatic nitrogens is 2. The number of para-hydroxylation sites is 2. The van der Waals surface area contributed by atoms with Crippen molar-refractivity contribution in [2.75, 3.05) is 11.4 Å². The highest BCUT2D eigenvalue weighted by Gasteiger charge is 2.33.